The quantitative estimate of drug-likeness (QED) is 0.276. The Labute approximate surface area is 135 Å². The molecule has 118 valence electrons. The van der Waals surface area contributed by atoms with Crippen molar-refractivity contribution < 1.29 is 9.53 Å². The summed E-state index contributed by atoms with van der Waals surface area (Å²) in [6.45, 7) is 10.2. The third-order valence-electron chi connectivity index (χ3n) is 3.42. The SMILES string of the molecule is CCCCCC/C([Te]CCCC)=C(/C)[C@@H](C)OC(C)=O. The molecule has 0 rings (SSSR count). The number of esters is 1. The Bertz CT molecular complexity index is 297. The predicted octanol–water partition coefficient (Wildman–Crippen LogP) is 5.11. The molecule has 2 nitrogen and oxygen atoms in total. The minimum atomic E-state index is -0.170. The Morgan fingerprint density at radius 3 is 2.25 bits per heavy atom. The summed E-state index contributed by atoms with van der Waals surface area (Å²) in [5, 5.41) is 0. The van der Waals surface area contributed by atoms with Crippen LogP contribution in [-0.2, 0) is 9.53 Å². The molecule has 0 bridgehead atoms. The first-order valence-electron chi connectivity index (χ1n) is 8.02. The number of carbonyl (C=O) groups is 1. The van der Waals surface area contributed by atoms with Crippen LogP contribution in [0.4, 0.5) is 0 Å². The van der Waals surface area contributed by atoms with Crippen LogP contribution in [0.2, 0.25) is 4.47 Å². The summed E-state index contributed by atoms with van der Waals surface area (Å²) in [5.74, 6) is -0.170. The predicted molar refractivity (Wildman–Crippen MR) is 88.2 cm³/mol. The van der Waals surface area contributed by atoms with Crippen molar-refractivity contribution in [2.24, 2.45) is 0 Å². The van der Waals surface area contributed by atoms with Gasteiger partial charge in [-0.25, -0.2) is 0 Å². The molecule has 20 heavy (non-hydrogen) atoms. The van der Waals surface area contributed by atoms with Crippen LogP contribution in [0.3, 0.4) is 0 Å². The van der Waals surface area contributed by atoms with Crippen LogP contribution in [0.1, 0.15) is 79.6 Å². The summed E-state index contributed by atoms with van der Waals surface area (Å²) >= 11 is -0.0713. The Morgan fingerprint density at radius 1 is 1.05 bits per heavy atom. The number of hydrogen-bond acceptors (Lipinski definition) is 2. The standard InChI is InChI=1S/C17H32O2Te/c1-6-8-10-11-12-17(20-13-9-7-2)14(3)15(4)19-16(5)18/h15H,6-13H2,1-5H3/b17-14+/t15-/m1/s1. The summed E-state index contributed by atoms with van der Waals surface area (Å²) in [6.07, 6.45) is 9.06. The van der Waals surface area contributed by atoms with Crippen LogP contribution in [-0.4, -0.2) is 33.0 Å². The first-order chi connectivity index (χ1) is 9.52. The molecule has 0 saturated heterocycles. The Balaban J connectivity index is 4.55. The zero-order valence-corrected chi connectivity index (χ0v) is 16.3. The van der Waals surface area contributed by atoms with E-state index in [0.717, 1.165) is 0 Å². The first kappa shape index (κ1) is 20.0. The second-order valence-corrected chi connectivity index (χ2v) is 8.77. The van der Waals surface area contributed by atoms with Crippen molar-refractivity contribution >= 4 is 26.9 Å². The van der Waals surface area contributed by atoms with E-state index in [2.05, 4.69) is 20.8 Å². The van der Waals surface area contributed by atoms with Gasteiger partial charge in [0, 0.05) is 0 Å². The number of carbonyl (C=O) groups excluding carboxylic acids is 1. The molecule has 0 N–H and O–H groups in total. The molecular formula is C17H32O2Te. The minimum absolute atomic E-state index is 0.0413. The van der Waals surface area contributed by atoms with E-state index in [1.165, 1.54) is 61.9 Å². The maximum absolute atomic E-state index is 11.1. The molecule has 0 heterocycles. The van der Waals surface area contributed by atoms with Gasteiger partial charge in [-0.1, -0.05) is 0 Å². The average molecular weight is 396 g/mol. The van der Waals surface area contributed by atoms with E-state index in [4.69, 9.17) is 4.74 Å². The van der Waals surface area contributed by atoms with Gasteiger partial charge in [-0.3, -0.25) is 0 Å². The third kappa shape index (κ3) is 9.83. The van der Waals surface area contributed by atoms with Crippen LogP contribution in [0.5, 0.6) is 0 Å². The van der Waals surface area contributed by atoms with E-state index in [1.54, 1.807) is 3.62 Å². The third-order valence-corrected chi connectivity index (χ3v) is 7.33. The fourth-order valence-electron chi connectivity index (χ4n) is 2.00. The molecule has 3 heteroatoms. The molecule has 0 aliphatic heterocycles. The van der Waals surface area contributed by atoms with Gasteiger partial charge in [0.2, 0.25) is 0 Å². The summed E-state index contributed by atoms with van der Waals surface area (Å²) < 4.78 is 8.38. The van der Waals surface area contributed by atoms with Gasteiger partial charge in [-0.05, 0) is 0 Å². The molecule has 0 amide bonds. The van der Waals surface area contributed by atoms with Crippen molar-refractivity contribution in [2.45, 2.75) is 90.1 Å². The number of unbranched alkanes of at least 4 members (excludes halogenated alkanes) is 4. The van der Waals surface area contributed by atoms with Crippen LogP contribution in [0, 0.1) is 0 Å². The summed E-state index contributed by atoms with van der Waals surface area (Å²) in [6, 6.07) is 0. The van der Waals surface area contributed by atoms with Gasteiger partial charge in [0.1, 0.15) is 0 Å². The van der Waals surface area contributed by atoms with Gasteiger partial charge in [0.05, 0.1) is 0 Å². The van der Waals surface area contributed by atoms with E-state index in [0.29, 0.717) is 0 Å². The Kier molecular flexibility index (Phi) is 12.7. The van der Waals surface area contributed by atoms with Crippen molar-refractivity contribution in [1.29, 1.82) is 0 Å². The molecule has 0 fully saturated rings. The molecule has 0 aromatic carbocycles. The summed E-state index contributed by atoms with van der Waals surface area (Å²) in [7, 11) is 0. The van der Waals surface area contributed by atoms with E-state index in [9.17, 15) is 4.79 Å². The van der Waals surface area contributed by atoms with Gasteiger partial charge in [-0.2, -0.15) is 0 Å². The molecule has 0 aromatic heterocycles. The topological polar surface area (TPSA) is 26.3 Å². The molecule has 0 aliphatic carbocycles. The zero-order chi connectivity index (χ0) is 15.4. The maximum atomic E-state index is 11.1. The van der Waals surface area contributed by atoms with Crippen molar-refractivity contribution in [1.82, 2.24) is 0 Å². The molecule has 0 saturated carbocycles. The van der Waals surface area contributed by atoms with Gasteiger partial charge in [0.15, 0.2) is 0 Å². The van der Waals surface area contributed by atoms with Crippen molar-refractivity contribution in [3.63, 3.8) is 0 Å². The molecule has 1 atom stereocenters. The molecule has 0 aliphatic rings. The summed E-state index contributed by atoms with van der Waals surface area (Å²) in [5.41, 5.74) is 1.33. The van der Waals surface area contributed by atoms with Gasteiger partial charge < -0.3 is 0 Å². The van der Waals surface area contributed by atoms with E-state index >= 15 is 0 Å². The molecular weight excluding hydrogens is 364 g/mol. The monoisotopic (exact) mass is 398 g/mol. The second-order valence-electron chi connectivity index (χ2n) is 5.37. The van der Waals surface area contributed by atoms with E-state index < -0.39 is 0 Å². The number of hydrogen-bond donors (Lipinski definition) is 0. The first-order valence-corrected chi connectivity index (χ1v) is 10.8. The second kappa shape index (κ2) is 12.7. The van der Waals surface area contributed by atoms with Crippen molar-refractivity contribution in [3.05, 3.63) is 9.19 Å². The van der Waals surface area contributed by atoms with Crippen molar-refractivity contribution in [3.8, 4) is 0 Å². The van der Waals surface area contributed by atoms with Gasteiger partial charge >= 0.3 is 136 Å². The normalized spacial score (nSPS) is 13.8. The van der Waals surface area contributed by atoms with Gasteiger partial charge in [-0.15, -0.1) is 0 Å². The average Bonchev–Trinajstić information content (AvgIpc) is 2.40. The van der Waals surface area contributed by atoms with Crippen LogP contribution in [0.25, 0.3) is 0 Å². The Morgan fingerprint density at radius 2 is 1.70 bits per heavy atom. The van der Waals surface area contributed by atoms with Crippen LogP contribution >= 0.6 is 0 Å². The number of allylic oxidation sites excluding steroid dienone is 1. The molecule has 0 spiro atoms. The fourth-order valence-corrected chi connectivity index (χ4v) is 5.89. The molecule has 0 aromatic rings. The molecule has 0 unspecified atom stereocenters. The van der Waals surface area contributed by atoms with Crippen LogP contribution in [0.15, 0.2) is 9.19 Å². The van der Waals surface area contributed by atoms with Gasteiger partial charge in [0.25, 0.3) is 0 Å². The van der Waals surface area contributed by atoms with E-state index in [1.807, 2.05) is 6.92 Å². The van der Waals surface area contributed by atoms with E-state index in [-0.39, 0.29) is 33.0 Å². The molecule has 0 radical (unpaired) electrons. The fraction of sp³-hybridized carbons (Fsp3) is 0.824. The Hall–Kier alpha value is -0.000390. The number of ether oxygens (including phenoxy) is 1. The van der Waals surface area contributed by atoms with Crippen LogP contribution < -0.4 is 0 Å². The zero-order valence-electron chi connectivity index (χ0n) is 14.0. The van der Waals surface area contributed by atoms with Crippen molar-refractivity contribution in [2.75, 3.05) is 0 Å². The number of rotatable bonds is 11. The summed E-state index contributed by atoms with van der Waals surface area (Å²) in [4.78, 5) is 11.1.